The Morgan fingerprint density at radius 3 is 2.70 bits per heavy atom. The molecular weight excluding hydrogens is 320 g/mol. The minimum Gasteiger partial charge on any atom is -0.488 e. The minimum atomic E-state index is 0.0378. The molecule has 0 amide bonds. The molecule has 0 bridgehead atoms. The van der Waals surface area contributed by atoms with E-state index in [0.717, 1.165) is 15.6 Å². The van der Waals surface area contributed by atoms with Crippen LogP contribution in [0.15, 0.2) is 52.1 Å². The van der Waals surface area contributed by atoms with Crippen molar-refractivity contribution in [2.45, 2.75) is 13.5 Å². The van der Waals surface area contributed by atoms with E-state index >= 15 is 0 Å². The molecule has 0 aromatic heterocycles. The van der Waals surface area contributed by atoms with Gasteiger partial charge in [0.2, 0.25) is 0 Å². The Bertz CT molecular complexity index is 642. The van der Waals surface area contributed by atoms with Crippen LogP contribution in [0.1, 0.15) is 16.7 Å². The predicted octanol–water partition coefficient (Wildman–Crippen LogP) is 3.43. The molecule has 4 nitrogen and oxygen atoms in total. The van der Waals surface area contributed by atoms with E-state index in [0.29, 0.717) is 17.9 Å². The standard InChI is InChI=1S/C15H15BrN2O2/c1-10-5-4-7-12(15(17)18-19)14(10)20-9-11-6-2-3-8-13(11)16/h2-8,19H,9H2,1H3,(H2,17,18). The van der Waals surface area contributed by atoms with Gasteiger partial charge in [-0.15, -0.1) is 0 Å². The number of nitrogens with zero attached hydrogens (tertiary/aromatic N) is 1. The van der Waals surface area contributed by atoms with Crippen LogP contribution in [-0.2, 0) is 6.61 Å². The van der Waals surface area contributed by atoms with Gasteiger partial charge in [0.15, 0.2) is 5.84 Å². The second kappa shape index (κ2) is 6.43. The summed E-state index contributed by atoms with van der Waals surface area (Å²) in [5, 5.41) is 11.9. The number of halogens is 1. The molecule has 2 aromatic rings. The van der Waals surface area contributed by atoms with Gasteiger partial charge in [0.05, 0.1) is 5.56 Å². The fraction of sp³-hybridized carbons (Fsp3) is 0.133. The van der Waals surface area contributed by atoms with Gasteiger partial charge >= 0.3 is 0 Å². The lowest BCUT2D eigenvalue weighted by atomic mass is 10.1. The minimum absolute atomic E-state index is 0.0378. The van der Waals surface area contributed by atoms with Crippen LogP contribution in [0.3, 0.4) is 0 Å². The van der Waals surface area contributed by atoms with E-state index in [2.05, 4.69) is 21.1 Å². The van der Waals surface area contributed by atoms with E-state index in [1.165, 1.54) is 0 Å². The van der Waals surface area contributed by atoms with Crippen molar-refractivity contribution in [3.8, 4) is 5.75 Å². The molecule has 0 heterocycles. The van der Waals surface area contributed by atoms with Gasteiger partial charge in [-0.1, -0.05) is 51.4 Å². The molecule has 0 aliphatic heterocycles. The molecule has 3 N–H and O–H groups in total. The predicted molar refractivity (Wildman–Crippen MR) is 82.2 cm³/mol. The fourth-order valence-electron chi connectivity index (χ4n) is 1.86. The van der Waals surface area contributed by atoms with Crippen molar-refractivity contribution in [2.24, 2.45) is 10.9 Å². The second-order valence-electron chi connectivity index (χ2n) is 4.32. The van der Waals surface area contributed by atoms with Crippen molar-refractivity contribution < 1.29 is 9.94 Å². The molecule has 0 fully saturated rings. The van der Waals surface area contributed by atoms with Crippen LogP contribution in [0.4, 0.5) is 0 Å². The Kier molecular flexibility index (Phi) is 4.63. The van der Waals surface area contributed by atoms with Crippen LogP contribution >= 0.6 is 15.9 Å². The van der Waals surface area contributed by atoms with E-state index in [1.54, 1.807) is 6.07 Å². The molecule has 0 saturated carbocycles. The van der Waals surface area contributed by atoms with Crippen LogP contribution in [0, 0.1) is 6.92 Å². The zero-order valence-corrected chi connectivity index (χ0v) is 12.6. The fourth-order valence-corrected chi connectivity index (χ4v) is 2.26. The Hall–Kier alpha value is -2.01. The molecule has 0 unspecified atom stereocenters. The third-order valence-corrected chi connectivity index (χ3v) is 3.70. The van der Waals surface area contributed by atoms with Gasteiger partial charge in [-0.2, -0.15) is 0 Å². The highest BCUT2D eigenvalue weighted by Gasteiger charge is 2.11. The maximum Gasteiger partial charge on any atom is 0.173 e. The molecule has 0 aliphatic carbocycles. The summed E-state index contributed by atoms with van der Waals surface area (Å²) in [6.45, 7) is 2.32. The number of hydrogen-bond donors (Lipinski definition) is 2. The van der Waals surface area contributed by atoms with Crippen LogP contribution < -0.4 is 10.5 Å². The van der Waals surface area contributed by atoms with E-state index in [-0.39, 0.29) is 5.84 Å². The van der Waals surface area contributed by atoms with Gasteiger partial charge in [0.1, 0.15) is 12.4 Å². The first-order valence-electron chi connectivity index (χ1n) is 6.07. The lowest BCUT2D eigenvalue weighted by Gasteiger charge is -2.14. The first-order chi connectivity index (χ1) is 9.63. The van der Waals surface area contributed by atoms with E-state index in [4.69, 9.17) is 15.7 Å². The Balaban J connectivity index is 2.28. The highest BCUT2D eigenvalue weighted by Crippen LogP contribution is 2.25. The third-order valence-electron chi connectivity index (χ3n) is 2.93. The number of nitrogens with two attached hydrogens (primary N) is 1. The van der Waals surface area contributed by atoms with Gasteiger partial charge in [0.25, 0.3) is 0 Å². The van der Waals surface area contributed by atoms with E-state index in [9.17, 15) is 0 Å². The Labute approximate surface area is 126 Å². The summed E-state index contributed by atoms with van der Waals surface area (Å²) in [6, 6.07) is 13.4. The molecular formula is C15H15BrN2O2. The maximum absolute atomic E-state index is 8.83. The first kappa shape index (κ1) is 14.4. The number of ether oxygens (including phenoxy) is 1. The number of aryl methyl sites for hydroxylation is 1. The van der Waals surface area contributed by atoms with Crippen molar-refractivity contribution in [1.82, 2.24) is 0 Å². The van der Waals surface area contributed by atoms with Gasteiger partial charge in [-0.25, -0.2) is 0 Å². The molecule has 0 radical (unpaired) electrons. The third kappa shape index (κ3) is 3.11. The zero-order chi connectivity index (χ0) is 14.5. The number of oxime groups is 1. The number of amidine groups is 1. The van der Waals surface area contributed by atoms with Gasteiger partial charge in [-0.3, -0.25) is 0 Å². The number of benzene rings is 2. The largest absolute Gasteiger partial charge is 0.488 e. The van der Waals surface area contributed by atoms with Crippen LogP contribution in [0.25, 0.3) is 0 Å². The number of para-hydroxylation sites is 1. The second-order valence-corrected chi connectivity index (χ2v) is 5.17. The summed E-state index contributed by atoms with van der Waals surface area (Å²) in [7, 11) is 0. The molecule has 0 aliphatic rings. The lowest BCUT2D eigenvalue weighted by Crippen LogP contribution is -2.15. The monoisotopic (exact) mass is 334 g/mol. The molecule has 104 valence electrons. The Morgan fingerprint density at radius 2 is 2.00 bits per heavy atom. The zero-order valence-electron chi connectivity index (χ0n) is 11.0. The van der Waals surface area contributed by atoms with Crippen molar-refractivity contribution in [2.75, 3.05) is 0 Å². The van der Waals surface area contributed by atoms with Crippen molar-refractivity contribution in [3.05, 3.63) is 63.6 Å². The van der Waals surface area contributed by atoms with E-state index < -0.39 is 0 Å². The van der Waals surface area contributed by atoms with Gasteiger partial charge < -0.3 is 15.7 Å². The average Bonchev–Trinajstić information content (AvgIpc) is 2.46. The summed E-state index contributed by atoms with van der Waals surface area (Å²) in [5.41, 5.74) is 8.22. The first-order valence-corrected chi connectivity index (χ1v) is 6.86. The molecule has 0 atom stereocenters. The highest BCUT2D eigenvalue weighted by molar-refractivity contribution is 9.10. The van der Waals surface area contributed by atoms with Crippen molar-refractivity contribution in [3.63, 3.8) is 0 Å². The Morgan fingerprint density at radius 1 is 1.25 bits per heavy atom. The summed E-state index contributed by atoms with van der Waals surface area (Å²) in [4.78, 5) is 0. The van der Waals surface area contributed by atoms with Crippen LogP contribution in [-0.4, -0.2) is 11.0 Å². The smallest absolute Gasteiger partial charge is 0.173 e. The molecule has 2 rings (SSSR count). The highest BCUT2D eigenvalue weighted by atomic mass is 79.9. The summed E-state index contributed by atoms with van der Waals surface area (Å²) >= 11 is 3.48. The molecule has 5 heteroatoms. The van der Waals surface area contributed by atoms with Crippen LogP contribution in [0.5, 0.6) is 5.75 Å². The van der Waals surface area contributed by atoms with E-state index in [1.807, 2.05) is 43.3 Å². The molecule has 20 heavy (non-hydrogen) atoms. The maximum atomic E-state index is 8.83. The lowest BCUT2D eigenvalue weighted by molar-refractivity contribution is 0.300. The summed E-state index contributed by atoms with van der Waals surface area (Å²) < 4.78 is 6.84. The van der Waals surface area contributed by atoms with Crippen molar-refractivity contribution in [1.29, 1.82) is 0 Å². The quantitative estimate of drug-likeness (QED) is 0.389. The number of hydrogen-bond acceptors (Lipinski definition) is 3. The van der Waals surface area contributed by atoms with Gasteiger partial charge in [0, 0.05) is 10.0 Å². The summed E-state index contributed by atoms with van der Waals surface area (Å²) in [5.74, 6) is 0.661. The molecule has 0 spiro atoms. The topological polar surface area (TPSA) is 67.8 Å². The normalized spacial score (nSPS) is 11.4. The SMILES string of the molecule is Cc1cccc(/C(N)=N/O)c1OCc1ccccc1Br. The van der Waals surface area contributed by atoms with Gasteiger partial charge in [-0.05, 0) is 24.6 Å². The molecule has 2 aromatic carbocycles. The van der Waals surface area contributed by atoms with Crippen LogP contribution in [0.2, 0.25) is 0 Å². The summed E-state index contributed by atoms with van der Waals surface area (Å²) in [6.07, 6.45) is 0. The number of rotatable bonds is 4. The average molecular weight is 335 g/mol. The molecule has 0 saturated heterocycles. The van der Waals surface area contributed by atoms with Crippen molar-refractivity contribution >= 4 is 21.8 Å².